The first-order valence-electron chi connectivity index (χ1n) is 7.37. The average molecular weight is 271 g/mol. The zero-order chi connectivity index (χ0) is 14.4. The van der Waals surface area contributed by atoms with Crippen LogP contribution in [0.5, 0.6) is 0 Å². The lowest BCUT2D eigenvalue weighted by atomic mass is 10.1. The molecule has 0 radical (unpaired) electrons. The molecule has 1 heterocycles. The Hall–Kier alpha value is -1.45. The molecule has 0 aliphatic heterocycles. The topological polar surface area (TPSA) is 28.2 Å². The smallest absolute Gasteiger partial charge is 0.0705 e. The molecule has 0 spiro atoms. The van der Waals surface area contributed by atoms with Crippen LogP contribution in [0.25, 0.3) is 10.9 Å². The summed E-state index contributed by atoms with van der Waals surface area (Å²) in [5.74, 6) is 0. The van der Waals surface area contributed by atoms with Crippen LogP contribution in [0.4, 0.5) is 0 Å². The molecule has 0 bridgehead atoms. The van der Waals surface area contributed by atoms with Crippen molar-refractivity contribution in [3.05, 3.63) is 41.6 Å². The van der Waals surface area contributed by atoms with E-state index < -0.39 is 0 Å². The van der Waals surface area contributed by atoms with Gasteiger partial charge in [0.25, 0.3) is 0 Å². The average Bonchev–Trinajstić information content (AvgIpc) is 2.42. The Balaban J connectivity index is 1.80. The third-order valence-corrected chi connectivity index (χ3v) is 3.43. The predicted octanol–water partition coefficient (Wildman–Crippen LogP) is 2.97. The van der Waals surface area contributed by atoms with Crippen LogP contribution in [0.2, 0.25) is 0 Å². The van der Waals surface area contributed by atoms with E-state index in [0.717, 1.165) is 24.3 Å². The number of aryl methyl sites for hydroxylation is 1. The maximum absolute atomic E-state index is 4.53. The van der Waals surface area contributed by atoms with Gasteiger partial charge < -0.3 is 10.2 Å². The van der Waals surface area contributed by atoms with E-state index in [1.807, 2.05) is 6.92 Å². The summed E-state index contributed by atoms with van der Waals surface area (Å²) >= 11 is 0. The minimum Gasteiger partial charge on any atom is -0.313 e. The number of fused-ring (bicyclic) bond motifs is 1. The minimum atomic E-state index is 0.936. The van der Waals surface area contributed by atoms with Crippen molar-refractivity contribution in [3.8, 4) is 0 Å². The van der Waals surface area contributed by atoms with Crippen LogP contribution in [0.1, 0.15) is 24.1 Å². The number of aromatic nitrogens is 1. The molecule has 0 saturated carbocycles. The highest BCUT2D eigenvalue weighted by molar-refractivity contribution is 5.79. The Bertz CT molecular complexity index is 549. The molecule has 0 amide bonds. The number of hydrogen-bond acceptors (Lipinski definition) is 3. The first-order chi connectivity index (χ1) is 9.65. The Morgan fingerprint density at radius 1 is 1.10 bits per heavy atom. The van der Waals surface area contributed by atoms with Crippen molar-refractivity contribution in [2.24, 2.45) is 0 Å². The van der Waals surface area contributed by atoms with Gasteiger partial charge in [-0.1, -0.05) is 12.1 Å². The van der Waals surface area contributed by atoms with Crippen molar-refractivity contribution in [2.75, 3.05) is 27.2 Å². The minimum absolute atomic E-state index is 0.936. The fourth-order valence-corrected chi connectivity index (χ4v) is 2.30. The van der Waals surface area contributed by atoms with Crippen molar-refractivity contribution < 1.29 is 0 Å². The van der Waals surface area contributed by atoms with Crippen LogP contribution < -0.4 is 5.32 Å². The lowest BCUT2D eigenvalue weighted by Crippen LogP contribution is -2.18. The first kappa shape index (κ1) is 14.9. The SMILES string of the molecule is Cc1ccc2cc(CNCCCCN(C)C)ccc2n1. The lowest BCUT2D eigenvalue weighted by molar-refractivity contribution is 0.391. The van der Waals surface area contributed by atoms with Gasteiger partial charge in [-0.05, 0) is 70.7 Å². The van der Waals surface area contributed by atoms with Gasteiger partial charge in [-0.3, -0.25) is 4.98 Å². The normalized spacial score (nSPS) is 11.4. The summed E-state index contributed by atoms with van der Waals surface area (Å²) in [4.78, 5) is 6.76. The van der Waals surface area contributed by atoms with Crippen molar-refractivity contribution in [1.82, 2.24) is 15.2 Å². The Kier molecular flexibility index (Phi) is 5.50. The third kappa shape index (κ3) is 4.58. The predicted molar refractivity (Wildman–Crippen MR) is 86.0 cm³/mol. The molecule has 20 heavy (non-hydrogen) atoms. The fraction of sp³-hybridized carbons (Fsp3) is 0.471. The number of pyridine rings is 1. The number of hydrogen-bond donors (Lipinski definition) is 1. The van der Waals surface area contributed by atoms with Crippen LogP contribution in [-0.2, 0) is 6.54 Å². The third-order valence-electron chi connectivity index (χ3n) is 3.43. The fourth-order valence-electron chi connectivity index (χ4n) is 2.30. The highest BCUT2D eigenvalue weighted by atomic mass is 15.0. The molecule has 1 aromatic carbocycles. The summed E-state index contributed by atoms with van der Waals surface area (Å²) in [6.45, 7) is 5.22. The molecule has 3 heteroatoms. The molecule has 0 saturated heterocycles. The summed E-state index contributed by atoms with van der Waals surface area (Å²) in [6.07, 6.45) is 2.48. The van der Waals surface area contributed by atoms with Gasteiger partial charge >= 0.3 is 0 Å². The van der Waals surface area contributed by atoms with Crippen molar-refractivity contribution >= 4 is 10.9 Å². The molecule has 1 N–H and O–H groups in total. The van der Waals surface area contributed by atoms with Gasteiger partial charge in [0.15, 0.2) is 0 Å². The maximum atomic E-state index is 4.53. The Morgan fingerprint density at radius 2 is 1.95 bits per heavy atom. The van der Waals surface area contributed by atoms with Gasteiger partial charge in [-0.25, -0.2) is 0 Å². The van der Waals surface area contributed by atoms with E-state index >= 15 is 0 Å². The first-order valence-corrected chi connectivity index (χ1v) is 7.37. The second-order valence-electron chi connectivity index (χ2n) is 5.67. The zero-order valence-corrected chi connectivity index (χ0v) is 12.8. The Labute approximate surface area is 122 Å². The number of nitrogens with zero attached hydrogens (tertiary/aromatic N) is 2. The molecular weight excluding hydrogens is 246 g/mol. The Morgan fingerprint density at radius 3 is 2.75 bits per heavy atom. The number of rotatable bonds is 7. The van der Waals surface area contributed by atoms with Crippen LogP contribution in [0, 0.1) is 6.92 Å². The van der Waals surface area contributed by atoms with E-state index in [1.54, 1.807) is 0 Å². The van der Waals surface area contributed by atoms with E-state index in [4.69, 9.17) is 0 Å². The molecule has 0 atom stereocenters. The van der Waals surface area contributed by atoms with Crippen LogP contribution in [0.15, 0.2) is 30.3 Å². The quantitative estimate of drug-likeness (QED) is 0.785. The number of nitrogens with one attached hydrogen (secondary N) is 1. The van der Waals surface area contributed by atoms with Crippen molar-refractivity contribution in [2.45, 2.75) is 26.3 Å². The van der Waals surface area contributed by atoms with Crippen LogP contribution in [0.3, 0.4) is 0 Å². The monoisotopic (exact) mass is 271 g/mol. The van der Waals surface area contributed by atoms with Gasteiger partial charge in [-0.2, -0.15) is 0 Å². The lowest BCUT2D eigenvalue weighted by Gasteiger charge is -2.09. The van der Waals surface area contributed by atoms with Gasteiger partial charge in [0.05, 0.1) is 5.52 Å². The van der Waals surface area contributed by atoms with E-state index in [0.29, 0.717) is 0 Å². The second kappa shape index (κ2) is 7.36. The summed E-state index contributed by atoms with van der Waals surface area (Å²) in [5.41, 5.74) is 3.49. The molecule has 0 aliphatic carbocycles. The summed E-state index contributed by atoms with van der Waals surface area (Å²) < 4.78 is 0. The van der Waals surface area contributed by atoms with E-state index in [9.17, 15) is 0 Å². The van der Waals surface area contributed by atoms with Crippen molar-refractivity contribution in [3.63, 3.8) is 0 Å². The summed E-state index contributed by atoms with van der Waals surface area (Å²) in [5, 5.41) is 4.74. The molecule has 2 rings (SSSR count). The molecule has 3 nitrogen and oxygen atoms in total. The maximum Gasteiger partial charge on any atom is 0.0705 e. The van der Waals surface area contributed by atoms with E-state index in [1.165, 1.54) is 30.3 Å². The summed E-state index contributed by atoms with van der Waals surface area (Å²) in [6, 6.07) is 10.7. The van der Waals surface area contributed by atoms with Gasteiger partial charge in [0.1, 0.15) is 0 Å². The van der Waals surface area contributed by atoms with E-state index in [2.05, 4.69) is 59.6 Å². The number of unbranched alkanes of at least 4 members (excludes halogenated alkanes) is 1. The van der Waals surface area contributed by atoms with Crippen molar-refractivity contribution in [1.29, 1.82) is 0 Å². The zero-order valence-electron chi connectivity index (χ0n) is 12.8. The van der Waals surface area contributed by atoms with Gasteiger partial charge in [-0.15, -0.1) is 0 Å². The standard InChI is InChI=1S/C17H25N3/c1-14-6-8-16-12-15(7-9-17(16)19-14)13-18-10-4-5-11-20(2)3/h6-9,12,18H,4-5,10-11,13H2,1-3H3. The number of benzene rings is 1. The molecule has 0 fully saturated rings. The molecule has 0 aliphatic rings. The highest BCUT2D eigenvalue weighted by Crippen LogP contribution is 2.14. The molecule has 1 aromatic heterocycles. The molecule has 0 unspecified atom stereocenters. The molecular formula is C17H25N3. The van der Waals surface area contributed by atoms with Crippen LogP contribution >= 0.6 is 0 Å². The van der Waals surface area contributed by atoms with Crippen LogP contribution in [-0.4, -0.2) is 37.1 Å². The van der Waals surface area contributed by atoms with Gasteiger partial charge in [0, 0.05) is 17.6 Å². The second-order valence-corrected chi connectivity index (χ2v) is 5.67. The van der Waals surface area contributed by atoms with E-state index in [-0.39, 0.29) is 0 Å². The highest BCUT2D eigenvalue weighted by Gasteiger charge is 1.98. The largest absolute Gasteiger partial charge is 0.313 e. The molecule has 108 valence electrons. The summed E-state index contributed by atoms with van der Waals surface area (Å²) in [7, 11) is 4.25. The van der Waals surface area contributed by atoms with Gasteiger partial charge in [0.2, 0.25) is 0 Å². The molecule has 2 aromatic rings.